The Morgan fingerprint density at radius 3 is 1.77 bits per heavy atom. The van der Waals surface area contributed by atoms with E-state index in [2.05, 4.69) is 161 Å². The Morgan fingerprint density at radius 1 is 0.591 bits per heavy atom. The molecular formula is C43H43N. The molecule has 5 aromatic carbocycles. The molecule has 0 radical (unpaired) electrons. The standard InChI is InChI=1S/C43H43N/c1-30-26-34-19-21-39(29-41(34)44(30)40-14-10-7-11-15-40)43(4,5)37-24-22-36(23-25-37)42(2,3)38-20-18-32-16-17-33(27-35(32)28-38)31-12-8-6-9-13-31/h6-15,18-25,28-29,33H,1,16-17,26-27H2,2-5H3. The Bertz CT molecular complexity index is 1810. The van der Waals surface area contributed by atoms with Crippen LogP contribution in [0.5, 0.6) is 0 Å². The molecule has 1 heteroatoms. The molecule has 44 heavy (non-hydrogen) atoms. The van der Waals surface area contributed by atoms with Crippen LogP contribution in [0, 0.1) is 0 Å². The van der Waals surface area contributed by atoms with Crippen LogP contribution < -0.4 is 4.90 Å². The Balaban J connectivity index is 1.15. The van der Waals surface area contributed by atoms with Gasteiger partial charge in [0.1, 0.15) is 0 Å². The van der Waals surface area contributed by atoms with Gasteiger partial charge in [0.15, 0.2) is 0 Å². The monoisotopic (exact) mass is 573 g/mol. The van der Waals surface area contributed by atoms with Gasteiger partial charge >= 0.3 is 0 Å². The lowest BCUT2D eigenvalue weighted by Crippen LogP contribution is -2.22. The van der Waals surface area contributed by atoms with Gasteiger partial charge in [-0.15, -0.1) is 0 Å². The highest BCUT2D eigenvalue weighted by Crippen LogP contribution is 2.44. The van der Waals surface area contributed by atoms with E-state index in [0.29, 0.717) is 5.92 Å². The first kappa shape index (κ1) is 28.4. The molecule has 0 amide bonds. The van der Waals surface area contributed by atoms with Gasteiger partial charge in [-0.1, -0.05) is 137 Å². The minimum absolute atomic E-state index is 0.0818. The van der Waals surface area contributed by atoms with Crippen LogP contribution in [0.1, 0.15) is 84.5 Å². The van der Waals surface area contributed by atoms with Crippen molar-refractivity contribution >= 4 is 11.4 Å². The van der Waals surface area contributed by atoms with Gasteiger partial charge in [0.05, 0.1) is 0 Å². The van der Waals surface area contributed by atoms with Crippen LogP contribution in [0.3, 0.4) is 0 Å². The summed E-state index contributed by atoms with van der Waals surface area (Å²) < 4.78 is 0. The highest BCUT2D eigenvalue weighted by molar-refractivity contribution is 5.76. The van der Waals surface area contributed by atoms with Crippen molar-refractivity contribution in [1.82, 2.24) is 0 Å². The maximum atomic E-state index is 4.40. The van der Waals surface area contributed by atoms with Gasteiger partial charge in [-0.3, -0.25) is 0 Å². The van der Waals surface area contributed by atoms with Crippen LogP contribution in [0.15, 0.2) is 134 Å². The molecule has 1 aliphatic heterocycles. The predicted molar refractivity (Wildman–Crippen MR) is 186 cm³/mol. The Kier molecular flexibility index (Phi) is 7.08. The van der Waals surface area contributed by atoms with Crippen LogP contribution >= 0.6 is 0 Å². The third kappa shape index (κ3) is 4.99. The minimum atomic E-state index is -0.137. The van der Waals surface area contributed by atoms with Crippen LogP contribution in [-0.2, 0) is 30.1 Å². The third-order valence-corrected chi connectivity index (χ3v) is 10.5. The summed E-state index contributed by atoms with van der Waals surface area (Å²) in [5.74, 6) is 0.612. The average Bonchev–Trinajstić information content (AvgIpc) is 3.40. The summed E-state index contributed by atoms with van der Waals surface area (Å²) in [6.45, 7) is 13.8. The molecule has 5 aromatic rings. The number of hydrogen-bond donors (Lipinski definition) is 0. The van der Waals surface area contributed by atoms with E-state index in [9.17, 15) is 0 Å². The maximum Gasteiger partial charge on any atom is 0.0497 e. The molecule has 0 saturated carbocycles. The highest BCUT2D eigenvalue weighted by atomic mass is 15.2. The summed E-state index contributed by atoms with van der Waals surface area (Å²) in [4.78, 5) is 2.32. The fraction of sp³-hybridized carbons (Fsp3) is 0.256. The fourth-order valence-electron chi connectivity index (χ4n) is 7.47. The molecular weight excluding hydrogens is 530 g/mol. The summed E-state index contributed by atoms with van der Waals surface area (Å²) in [6.07, 6.45) is 4.43. The van der Waals surface area contributed by atoms with Crippen molar-refractivity contribution < 1.29 is 0 Å². The third-order valence-electron chi connectivity index (χ3n) is 10.5. The number of benzene rings is 5. The molecule has 1 unspecified atom stereocenters. The molecule has 7 rings (SSSR count). The minimum Gasteiger partial charge on any atom is -0.314 e. The number of anilines is 2. The number of hydrogen-bond acceptors (Lipinski definition) is 1. The van der Waals surface area contributed by atoms with Crippen LogP contribution in [-0.4, -0.2) is 0 Å². The zero-order valence-electron chi connectivity index (χ0n) is 26.6. The summed E-state index contributed by atoms with van der Waals surface area (Å²) in [6, 6.07) is 45.4. The Labute approximate surface area is 263 Å². The van der Waals surface area contributed by atoms with Crippen molar-refractivity contribution in [2.75, 3.05) is 4.90 Å². The number of allylic oxidation sites excluding steroid dienone is 1. The fourth-order valence-corrected chi connectivity index (χ4v) is 7.47. The molecule has 1 nitrogen and oxygen atoms in total. The summed E-state index contributed by atoms with van der Waals surface area (Å²) in [5, 5.41) is 0. The molecule has 220 valence electrons. The first-order valence-electron chi connectivity index (χ1n) is 16.2. The lowest BCUT2D eigenvalue weighted by atomic mass is 9.73. The van der Waals surface area contributed by atoms with Crippen molar-refractivity contribution in [1.29, 1.82) is 0 Å². The number of fused-ring (bicyclic) bond motifs is 2. The highest BCUT2D eigenvalue weighted by Gasteiger charge is 2.31. The number of nitrogens with zero attached hydrogens (tertiary/aromatic N) is 1. The molecule has 0 fully saturated rings. The maximum absolute atomic E-state index is 4.40. The van der Waals surface area contributed by atoms with Gasteiger partial charge in [-0.05, 0) is 87.9 Å². The molecule has 2 aliphatic rings. The van der Waals surface area contributed by atoms with Crippen molar-refractivity contribution in [2.24, 2.45) is 0 Å². The summed E-state index contributed by atoms with van der Waals surface area (Å²) in [5.41, 5.74) is 14.6. The van der Waals surface area contributed by atoms with E-state index in [1.165, 1.54) is 68.7 Å². The smallest absolute Gasteiger partial charge is 0.0497 e. The Hall–Kier alpha value is -4.36. The van der Waals surface area contributed by atoms with E-state index >= 15 is 0 Å². The molecule has 1 heterocycles. The van der Waals surface area contributed by atoms with Gasteiger partial charge in [0.2, 0.25) is 0 Å². The molecule has 0 aromatic heterocycles. The number of para-hydroxylation sites is 1. The van der Waals surface area contributed by atoms with Crippen LogP contribution in [0.25, 0.3) is 0 Å². The van der Waals surface area contributed by atoms with Gasteiger partial charge in [0.25, 0.3) is 0 Å². The predicted octanol–water partition coefficient (Wildman–Crippen LogP) is 10.8. The van der Waals surface area contributed by atoms with Gasteiger partial charge in [-0.2, -0.15) is 0 Å². The average molecular weight is 574 g/mol. The van der Waals surface area contributed by atoms with E-state index in [0.717, 1.165) is 18.5 Å². The van der Waals surface area contributed by atoms with Crippen LogP contribution in [0.4, 0.5) is 11.4 Å². The molecule has 1 aliphatic carbocycles. The van der Waals surface area contributed by atoms with E-state index in [1.807, 2.05) is 0 Å². The second-order valence-corrected chi connectivity index (χ2v) is 13.9. The molecule has 1 atom stereocenters. The van der Waals surface area contributed by atoms with Gasteiger partial charge < -0.3 is 4.90 Å². The lowest BCUT2D eigenvalue weighted by Gasteiger charge is -2.32. The molecule has 0 N–H and O–H groups in total. The van der Waals surface area contributed by atoms with E-state index in [4.69, 9.17) is 0 Å². The van der Waals surface area contributed by atoms with Gasteiger partial charge in [-0.25, -0.2) is 0 Å². The van der Waals surface area contributed by atoms with E-state index < -0.39 is 0 Å². The largest absolute Gasteiger partial charge is 0.314 e. The lowest BCUT2D eigenvalue weighted by molar-refractivity contribution is 0.579. The second kappa shape index (κ2) is 11.0. The first-order valence-corrected chi connectivity index (χ1v) is 16.2. The SMILES string of the molecule is C=C1Cc2ccc(C(C)(C)c3ccc(C(C)(C)c4ccc5c(c4)CC(c4ccccc4)CC5)cc3)cc2N1c1ccccc1. The first-order chi connectivity index (χ1) is 21.2. The number of aryl methyl sites for hydroxylation is 1. The summed E-state index contributed by atoms with van der Waals surface area (Å²) in [7, 11) is 0. The van der Waals surface area contributed by atoms with Crippen molar-refractivity contribution in [3.05, 3.63) is 178 Å². The normalized spacial score (nSPS) is 16.5. The number of rotatable bonds is 6. The Morgan fingerprint density at radius 2 is 1.14 bits per heavy atom. The van der Waals surface area contributed by atoms with E-state index in [1.54, 1.807) is 0 Å². The zero-order valence-corrected chi connectivity index (χ0v) is 26.6. The second-order valence-electron chi connectivity index (χ2n) is 13.9. The molecule has 0 bridgehead atoms. The molecule has 0 saturated heterocycles. The van der Waals surface area contributed by atoms with Crippen LogP contribution in [0.2, 0.25) is 0 Å². The topological polar surface area (TPSA) is 3.24 Å². The van der Waals surface area contributed by atoms with Gasteiger partial charge in [0, 0.05) is 34.3 Å². The summed E-state index contributed by atoms with van der Waals surface area (Å²) >= 11 is 0. The van der Waals surface area contributed by atoms with Crippen molar-refractivity contribution in [2.45, 2.75) is 70.1 Å². The van der Waals surface area contributed by atoms with E-state index in [-0.39, 0.29) is 10.8 Å². The zero-order chi connectivity index (χ0) is 30.5. The quantitative estimate of drug-likeness (QED) is 0.195. The van der Waals surface area contributed by atoms with Crippen molar-refractivity contribution in [3.8, 4) is 0 Å². The van der Waals surface area contributed by atoms with Crippen molar-refractivity contribution in [3.63, 3.8) is 0 Å². The molecule has 0 spiro atoms.